The summed E-state index contributed by atoms with van der Waals surface area (Å²) in [4.78, 5) is 15.0. The topological polar surface area (TPSA) is 43.6 Å². The third-order valence-corrected chi connectivity index (χ3v) is 9.85. The first kappa shape index (κ1) is 33.0. The lowest BCUT2D eigenvalue weighted by Crippen LogP contribution is -2.04. The van der Waals surface area contributed by atoms with Crippen LogP contribution in [0.3, 0.4) is 0 Å². The largest absolute Gasteiger partial charge is 0.416 e. The number of nitrogens with zero attached hydrogens (tertiary/aromatic N) is 4. The van der Waals surface area contributed by atoms with Gasteiger partial charge in [-0.15, -0.1) is 0 Å². The number of aromatic nitrogens is 4. The van der Waals surface area contributed by atoms with Crippen molar-refractivity contribution in [2.75, 3.05) is 0 Å². The molecule has 9 aromatic rings. The molecule has 0 bridgehead atoms. The molecule has 0 saturated carbocycles. The highest BCUT2D eigenvalue weighted by Crippen LogP contribution is 2.40. The molecule has 0 fully saturated rings. The summed E-state index contributed by atoms with van der Waals surface area (Å²) in [7, 11) is 0. The first-order valence-electron chi connectivity index (χ1n) is 17.6. The molecule has 7 aromatic carbocycles. The molecule has 0 saturated heterocycles. The maximum absolute atomic E-state index is 13.7. The molecule has 2 heterocycles. The molecule has 9 rings (SSSR count). The lowest BCUT2D eigenvalue weighted by atomic mass is 9.97. The Kier molecular flexibility index (Phi) is 8.12. The van der Waals surface area contributed by atoms with Gasteiger partial charge in [0.15, 0.2) is 17.5 Å². The number of para-hydroxylation sites is 1. The molecule has 0 aliphatic carbocycles. The normalized spacial score (nSPS) is 11.7. The molecule has 0 atom stereocenters. The first-order valence-corrected chi connectivity index (χ1v) is 17.6. The van der Waals surface area contributed by atoms with E-state index in [9.17, 15) is 13.2 Å². The Bertz CT molecular complexity index is 2750. The van der Waals surface area contributed by atoms with Gasteiger partial charge in [-0.25, -0.2) is 15.0 Å². The van der Waals surface area contributed by atoms with E-state index in [1.165, 1.54) is 17.7 Å². The molecule has 7 heteroatoms. The second kappa shape index (κ2) is 13.3. The minimum atomic E-state index is -4.46. The Hall–Kier alpha value is -6.86. The fourth-order valence-electron chi connectivity index (χ4n) is 7.19. The third kappa shape index (κ3) is 5.99. The van der Waals surface area contributed by atoms with Crippen molar-refractivity contribution in [3.8, 4) is 62.1 Å². The zero-order valence-electron chi connectivity index (χ0n) is 29.1. The predicted octanol–water partition coefficient (Wildman–Crippen LogP) is 12.6. The van der Waals surface area contributed by atoms with Crippen molar-refractivity contribution in [2.24, 2.45) is 0 Å². The van der Waals surface area contributed by atoms with Gasteiger partial charge in [0.25, 0.3) is 0 Å². The summed E-state index contributed by atoms with van der Waals surface area (Å²) in [6, 6.07) is 53.9. The zero-order valence-corrected chi connectivity index (χ0v) is 29.1. The summed E-state index contributed by atoms with van der Waals surface area (Å²) < 4.78 is 43.3. The minimum Gasteiger partial charge on any atom is -0.309 e. The van der Waals surface area contributed by atoms with Gasteiger partial charge in [-0.1, -0.05) is 133 Å². The molecule has 2 aromatic heterocycles. The van der Waals surface area contributed by atoms with Crippen LogP contribution >= 0.6 is 0 Å². The van der Waals surface area contributed by atoms with Crippen molar-refractivity contribution >= 4 is 21.8 Å². The van der Waals surface area contributed by atoms with Gasteiger partial charge in [0.2, 0.25) is 0 Å². The number of fused-ring (bicyclic) bond motifs is 3. The Balaban J connectivity index is 1.32. The molecule has 0 amide bonds. The highest BCUT2D eigenvalue weighted by atomic mass is 19.4. The van der Waals surface area contributed by atoms with Crippen molar-refractivity contribution < 1.29 is 13.2 Å². The highest BCUT2D eigenvalue weighted by Gasteiger charge is 2.30. The SMILES string of the molecule is Cc1ccccc1-c1ccc2c3ccccc3n(-c3ccc(-c4ccc(C(F)(F)F)cc4)c(-c4nc(-c5ccccc5)nc(-c5ccccc5)n4)c3)c2c1. The van der Waals surface area contributed by atoms with Gasteiger partial charge in [-0.2, -0.15) is 13.2 Å². The number of aryl methyl sites for hydroxylation is 1. The number of halogens is 3. The summed E-state index contributed by atoms with van der Waals surface area (Å²) in [5, 5.41) is 2.21. The predicted molar refractivity (Wildman–Crippen MR) is 211 cm³/mol. The molecule has 4 nitrogen and oxygen atoms in total. The third-order valence-electron chi connectivity index (χ3n) is 9.85. The second-order valence-electron chi connectivity index (χ2n) is 13.2. The van der Waals surface area contributed by atoms with E-state index >= 15 is 0 Å². The van der Waals surface area contributed by atoms with Crippen LogP contribution in [0.15, 0.2) is 170 Å². The Morgan fingerprint density at radius 2 is 1.00 bits per heavy atom. The summed E-state index contributed by atoms with van der Waals surface area (Å²) in [6.45, 7) is 2.11. The molecule has 0 aliphatic heterocycles. The van der Waals surface area contributed by atoms with Crippen LogP contribution in [0.25, 0.3) is 83.9 Å². The monoisotopic (exact) mass is 708 g/mol. The Labute approximate surface area is 309 Å². The van der Waals surface area contributed by atoms with E-state index in [4.69, 9.17) is 15.0 Å². The van der Waals surface area contributed by atoms with E-state index in [-0.39, 0.29) is 0 Å². The molecular weight excluding hydrogens is 678 g/mol. The summed E-state index contributed by atoms with van der Waals surface area (Å²) in [5.74, 6) is 1.38. The first-order chi connectivity index (χ1) is 26.3. The van der Waals surface area contributed by atoms with E-state index < -0.39 is 11.7 Å². The number of hydrogen-bond acceptors (Lipinski definition) is 3. The zero-order chi connectivity index (χ0) is 36.8. The summed E-state index contributed by atoms with van der Waals surface area (Å²) >= 11 is 0. The van der Waals surface area contributed by atoms with Gasteiger partial charge in [-0.05, 0) is 71.1 Å². The van der Waals surface area contributed by atoms with Gasteiger partial charge in [0.1, 0.15) is 0 Å². The van der Waals surface area contributed by atoms with E-state index in [1.807, 2.05) is 97.1 Å². The van der Waals surface area contributed by atoms with Gasteiger partial charge in [-0.3, -0.25) is 0 Å². The minimum absolute atomic E-state index is 0.404. The quantitative estimate of drug-likeness (QED) is 0.173. The molecule has 0 N–H and O–H groups in total. The number of alkyl halides is 3. The van der Waals surface area contributed by atoms with Crippen molar-refractivity contribution in [2.45, 2.75) is 13.1 Å². The molecule has 0 radical (unpaired) electrons. The van der Waals surface area contributed by atoms with Crippen LogP contribution < -0.4 is 0 Å². The van der Waals surface area contributed by atoms with Crippen molar-refractivity contribution in [3.05, 3.63) is 181 Å². The summed E-state index contributed by atoms with van der Waals surface area (Å²) in [6.07, 6.45) is -4.46. The van der Waals surface area contributed by atoms with Crippen molar-refractivity contribution in [3.63, 3.8) is 0 Å². The number of rotatable bonds is 6. The van der Waals surface area contributed by atoms with E-state index in [2.05, 4.69) is 60.0 Å². The van der Waals surface area contributed by atoms with Crippen LogP contribution in [0.5, 0.6) is 0 Å². The van der Waals surface area contributed by atoms with Gasteiger partial charge in [0, 0.05) is 33.2 Å². The van der Waals surface area contributed by atoms with Crippen LogP contribution in [0.1, 0.15) is 11.1 Å². The van der Waals surface area contributed by atoms with Crippen LogP contribution in [-0.2, 0) is 6.18 Å². The maximum Gasteiger partial charge on any atom is 0.416 e. The van der Waals surface area contributed by atoms with E-state index in [0.29, 0.717) is 34.2 Å². The average molecular weight is 709 g/mol. The number of hydrogen-bond donors (Lipinski definition) is 0. The van der Waals surface area contributed by atoms with Crippen LogP contribution in [0, 0.1) is 6.92 Å². The van der Waals surface area contributed by atoms with Crippen molar-refractivity contribution in [1.82, 2.24) is 19.5 Å². The Morgan fingerprint density at radius 3 is 1.67 bits per heavy atom. The molecular formula is C47H31F3N4. The smallest absolute Gasteiger partial charge is 0.309 e. The maximum atomic E-state index is 13.7. The fourth-order valence-corrected chi connectivity index (χ4v) is 7.19. The van der Waals surface area contributed by atoms with Crippen LogP contribution in [0.4, 0.5) is 13.2 Å². The summed E-state index contributed by atoms with van der Waals surface area (Å²) in [5.41, 5.74) is 9.22. The lowest BCUT2D eigenvalue weighted by Gasteiger charge is -2.16. The molecule has 0 spiro atoms. The average Bonchev–Trinajstić information content (AvgIpc) is 3.54. The Morgan fingerprint density at radius 1 is 0.426 bits per heavy atom. The lowest BCUT2D eigenvalue weighted by molar-refractivity contribution is -0.137. The second-order valence-corrected chi connectivity index (χ2v) is 13.2. The molecule has 0 unspecified atom stereocenters. The molecule has 0 aliphatic rings. The fraction of sp³-hybridized carbons (Fsp3) is 0.0426. The standard InChI is InChI=1S/C47H31F3N4/c1-30-12-8-9-17-37(30)34-22-26-40-39-18-10-11-19-42(39)54(43(40)28-34)36-25-27-38(31-20-23-35(24-21-31)47(48,49)50)41(29-36)46-52-44(32-13-4-2-5-14-32)51-45(53-46)33-15-6-3-7-16-33/h2-29H,1H3. The number of benzene rings is 7. The van der Waals surface area contributed by atoms with Gasteiger partial charge in [0.05, 0.1) is 16.6 Å². The van der Waals surface area contributed by atoms with Crippen LogP contribution in [0.2, 0.25) is 0 Å². The van der Waals surface area contributed by atoms with E-state index in [1.54, 1.807) is 0 Å². The highest BCUT2D eigenvalue weighted by molar-refractivity contribution is 6.10. The van der Waals surface area contributed by atoms with E-state index in [0.717, 1.165) is 61.9 Å². The van der Waals surface area contributed by atoms with Crippen LogP contribution in [-0.4, -0.2) is 19.5 Å². The molecule has 54 heavy (non-hydrogen) atoms. The van der Waals surface area contributed by atoms with Gasteiger partial charge < -0.3 is 4.57 Å². The van der Waals surface area contributed by atoms with Gasteiger partial charge >= 0.3 is 6.18 Å². The van der Waals surface area contributed by atoms with Crippen molar-refractivity contribution in [1.29, 1.82) is 0 Å². The molecule has 260 valence electrons.